The molecule has 1 aromatic rings. The Balaban J connectivity index is 3.01. The maximum atomic E-state index is 10.9. The van der Waals surface area contributed by atoms with Gasteiger partial charge in [0.2, 0.25) is 5.91 Å². The second-order valence-corrected chi connectivity index (χ2v) is 3.50. The molecule has 1 rings (SSSR count). The number of nitro groups is 1. The first-order chi connectivity index (χ1) is 8.82. The van der Waals surface area contributed by atoms with E-state index in [1.165, 1.54) is 12.1 Å². The summed E-state index contributed by atoms with van der Waals surface area (Å²) in [6.45, 7) is 2.81. The third-order valence-electron chi connectivity index (χ3n) is 2.14. The highest BCUT2D eigenvalue weighted by molar-refractivity contribution is 5.93. The summed E-state index contributed by atoms with van der Waals surface area (Å²) in [5.41, 5.74) is 4.22. The van der Waals surface area contributed by atoms with Crippen LogP contribution in [0.2, 0.25) is 0 Å². The van der Waals surface area contributed by atoms with E-state index in [4.69, 9.17) is 15.6 Å². The minimum absolute atomic E-state index is 0.0453. The summed E-state index contributed by atoms with van der Waals surface area (Å²) >= 11 is 0. The Hall–Kier alpha value is -2.90. The Bertz CT molecular complexity index is 566. The van der Waals surface area contributed by atoms with Crippen molar-refractivity contribution in [1.82, 2.24) is 0 Å². The van der Waals surface area contributed by atoms with Crippen molar-refractivity contribution in [2.75, 3.05) is 6.61 Å². The number of carboxylic acid groups (broad SMARTS) is 1. The van der Waals surface area contributed by atoms with Crippen LogP contribution in [0.3, 0.4) is 0 Å². The van der Waals surface area contributed by atoms with E-state index in [2.05, 4.69) is 6.58 Å². The zero-order valence-corrected chi connectivity index (χ0v) is 9.66. The van der Waals surface area contributed by atoms with Crippen molar-refractivity contribution in [2.45, 2.75) is 0 Å². The lowest BCUT2D eigenvalue weighted by Gasteiger charge is -2.07. The third-order valence-corrected chi connectivity index (χ3v) is 2.14. The van der Waals surface area contributed by atoms with E-state index in [-0.39, 0.29) is 16.9 Å². The second kappa shape index (κ2) is 5.63. The van der Waals surface area contributed by atoms with Crippen molar-refractivity contribution in [3.8, 4) is 5.75 Å². The van der Waals surface area contributed by atoms with E-state index < -0.39 is 29.1 Å². The lowest BCUT2D eigenvalue weighted by atomic mass is 10.2. The number of ether oxygens (including phenoxy) is 1. The van der Waals surface area contributed by atoms with Gasteiger partial charge in [0, 0.05) is 11.6 Å². The predicted molar refractivity (Wildman–Crippen MR) is 63.9 cm³/mol. The molecule has 0 spiro atoms. The minimum atomic E-state index is -1.27. The fraction of sp³-hybridized carbons (Fsp3) is 0.0909. The van der Waals surface area contributed by atoms with Gasteiger partial charge in [-0.3, -0.25) is 14.9 Å². The number of carbonyl (C=O) groups is 2. The summed E-state index contributed by atoms with van der Waals surface area (Å²) in [5, 5.41) is 19.4. The molecular formula is C11H10N2O6. The molecule has 8 heteroatoms. The Morgan fingerprint density at radius 3 is 2.58 bits per heavy atom. The van der Waals surface area contributed by atoms with Crippen LogP contribution in [0.5, 0.6) is 5.75 Å². The average molecular weight is 266 g/mol. The highest BCUT2D eigenvalue weighted by Crippen LogP contribution is 2.28. The molecule has 0 aliphatic carbocycles. The summed E-state index contributed by atoms with van der Waals surface area (Å²) in [4.78, 5) is 31.5. The van der Waals surface area contributed by atoms with Gasteiger partial charge in [0.15, 0.2) is 5.75 Å². The van der Waals surface area contributed by atoms with Crippen LogP contribution < -0.4 is 10.5 Å². The number of nitrogens with two attached hydrogens (primary N) is 1. The van der Waals surface area contributed by atoms with E-state index in [1.54, 1.807) is 0 Å². The summed E-state index contributed by atoms with van der Waals surface area (Å²) in [6, 6.07) is 3.38. The molecule has 0 unspecified atom stereocenters. The number of rotatable bonds is 6. The Morgan fingerprint density at radius 1 is 1.47 bits per heavy atom. The van der Waals surface area contributed by atoms with Crippen LogP contribution in [-0.2, 0) is 4.79 Å². The van der Waals surface area contributed by atoms with E-state index in [1.807, 2.05) is 0 Å². The van der Waals surface area contributed by atoms with Gasteiger partial charge in [0.25, 0.3) is 0 Å². The number of primary amides is 1. The van der Waals surface area contributed by atoms with Gasteiger partial charge in [0.1, 0.15) is 6.61 Å². The molecule has 0 radical (unpaired) electrons. The number of hydrogen-bond acceptors (Lipinski definition) is 5. The SMILES string of the molecule is C=C(COc1ccc(C(N)=O)cc1[N+](=O)[O-])C(=O)O. The van der Waals surface area contributed by atoms with Crippen molar-refractivity contribution in [3.05, 3.63) is 46.0 Å². The van der Waals surface area contributed by atoms with Gasteiger partial charge in [-0.25, -0.2) is 4.79 Å². The Kier molecular flexibility index (Phi) is 4.19. The summed E-state index contributed by atoms with van der Waals surface area (Å²) in [5.74, 6) is -2.25. The van der Waals surface area contributed by atoms with Gasteiger partial charge < -0.3 is 15.6 Å². The number of nitrogens with zero attached hydrogens (tertiary/aromatic N) is 1. The second-order valence-electron chi connectivity index (χ2n) is 3.50. The van der Waals surface area contributed by atoms with E-state index in [0.29, 0.717) is 0 Å². The molecular weight excluding hydrogens is 256 g/mol. The standard InChI is InChI=1S/C11H10N2O6/c1-6(11(15)16)5-19-9-3-2-7(10(12)14)4-8(9)13(17)18/h2-4H,1,5H2,(H2,12,14)(H,15,16). The summed E-state index contributed by atoms with van der Waals surface area (Å²) in [6.07, 6.45) is 0. The third kappa shape index (κ3) is 3.53. The molecule has 0 saturated carbocycles. The van der Waals surface area contributed by atoms with Crippen LogP contribution in [0, 0.1) is 10.1 Å². The number of carbonyl (C=O) groups excluding carboxylic acids is 1. The number of nitro benzene ring substituents is 1. The van der Waals surface area contributed by atoms with Crippen molar-refractivity contribution in [1.29, 1.82) is 0 Å². The van der Waals surface area contributed by atoms with E-state index >= 15 is 0 Å². The monoisotopic (exact) mass is 266 g/mol. The van der Waals surface area contributed by atoms with Crippen molar-refractivity contribution >= 4 is 17.6 Å². The lowest BCUT2D eigenvalue weighted by molar-refractivity contribution is -0.385. The number of aliphatic carboxylic acids is 1. The smallest absolute Gasteiger partial charge is 0.334 e. The zero-order chi connectivity index (χ0) is 14.6. The average Bonchev–Trinajstić information content (AvgIpc) is 2.35. The first-order valence-corrected chi connectivity index (χ1v) is 4.95. The molecule has 0 aliphatic heterocycles. The molecule has 0 atom stereocenters. The molecule has 19 heavy (non-hydrogen) atoms. The summed E-state index contributed by atoms with van der Waals surface area (Å²) < 4.78 is 4.98. The van der Waals surface area contributed by atoms with E-state index in [9.17, 15) is 19.7 Å². The fourth-order valence-corrected chi connectivity index (χ4v) is 1.16. The number of hydrogen-bond donors (Lipinski definition) is 2. The predicted octanol–water partition coefficient (Wildman–Crippen LogP) is 0.713. The van der Waals surface area contributed by atoms with Crippen molar-refractivity contribution in [2.24, 2.45) is 5.73 Å². The quantitative estimate of drug-likeness (QED) is 0.442. The Morgan fingerprint density at radius 2 is 2.11 bits per heavy atom. The molecule has 100 valence electrons. The molecule has 8 nitrogen and oxygen atoms in total. The Labute approximate surface area is 107 Å². The van der Waals surface area contributed by atoms with Crippen LogP contribution >= 0.6 is 0 Å². The molecule has 0 saturated heterocycles. The molecule has 0 aliphatic rings. The van der Waals surface area contributed by atoms with Gasteiger partial charge in [-0.1, -0.05) is 6.58 Å². The number of amides is 1. The first kappa shape index (κ1) is 14.2. The van der Waals surface area contributed by atoms with Crippen LogP contribution in [0.1, 0.15) is 10.4 Å². The molecule has 1 aromatic carbocycles. The molecule has 0 fully saturated rings. The molecule has 1 amide bonds. The van der Waals surface area contributed by atoms with Crippen LogP contribution in [0.15, 0.2) is 30.4 Å². The maximum absolute atomic E-state index is 10.9. The van der Waals surface area contributed by atoms with Gasteiger partial charge in [-0.05, 0) is 12.1 Å². The minimum Gasteiger partial charge on any atom is -0.482 e. The highest BCUT2D eigenvalue weighted by atomic mass is 16.6. The van der Waals surface area contributed by atoms with E-state index in [0.717, 1.165) is 6.07 Å². The van der Waals surface area contributed by atoms with Gasteiger partial charge in [0.05, 0.1) is 10.5 Å². The van der Waals surface area contributed by atoms with Gasteiger partial charge in [-0.15, -0.1) is 0 Å². The largest absolute Gasteiger partial charge is 0.482 e. The zero-order valence-electron chi connectivity index (χ0n) is 9.66. The normalized spacial score (nSPS) is 9.68. The number of benzene rings is 1. The highest BCUT2D eigenvalue weighted by Gasteiger charge is 2.18. The molecule has 0 bridgehead atoms. The van der Waals surface area contributed by atoms with Crippen LogP contribution in [-0.4, -0.2) is 28.5 Å². The first-order valence-electron chi connectivity index (χ1n) is 4.95. The maximum Gasteiger partial charge on any atom is 0.334 e. The lowest BCUT2D eigenvalue weighted by Crippen LogP contribution is -2.12. The molecule has 0 aromatic heterocycles. The topological polar surface area (TPSA) is 133 Å². The van der Waals surface area contributed by atoms with Crippen LogP contribution in [0.4, 0.5) is 5.69 Å². The van der Waals surface area contributed by atoms with Gasteiger partial charge in [-0.2, -0.15) is 0 Å². The number of carboxylic acids is 1. The van der Waals surface area contributed by atoms with Crippen LogP contribution in [0.25, 0.3) is 0 Å². The van der Waals surface area contributed by atoms with Crippen molar-refractivity contribution in [3.63, 3.8) is 0 Å². The fourth-order valence-electron chi connectivity index (χ4n) is 1.16. The van der Waals surface area contributed by atoms with Gasteiger partial charge >= 0.3 is 11.7 Å². The molecule has 3 N–H and O–H groups in total. The summed E-state index contributed by atoms with van der Waals surface area (Å²) in [7, 11) is 0. The van der Waals surface area contributed by atoms with Crippen molar-refractivity contribution < 1.29 is 24.4 Å². The molecule has 0 heterocycles.